The predicted octanol–water partition coefficient (Wildman–Crippen LogP) is 3.54. The fourth-order valence-corrected chi connectivity index (χ4v) is 0.448. The lowest BCUT2D eigenvalue weighted by Crippen LogP contribution is -2.35. The maximum absolute atomic E-state index is 12.1. The minimum absolute atomic E-state index is 0.443. The zero-order valence-corrected chi connectivity index (χ0v) is 6.67. The van der Waals surface area contributed by atoms with E-state index in [9.17, 15) is 22.0 Å². The number of allylic oxidation sites excluding steroid dienone is 2. The van der Waals surface area contributed by atoms with Gasteiger partial charge in [0.25, 0.3) is 0 Å². The van der Waals surface area contributed by atoms with Crippen molar-refractivity contribution in [3.8, 4) is 0 Å². The van der Waals surface area contributed by atoms with Crippen LogP contribution in [0.1, 0.15) is 20.3 Å². The molecule has 0 nitrogen and oxygen atoms in total. The topological polar surface area (TPSA) is 0 Å². The molecule has 0 heterocycles. The lowest BCUT2D eigenvalue weighted by Gasteiger charge is -2.17. The van der Waals surface area contributed by atoms with Gasteiger partial charge >= 0.3 is 12.1 Å². The summed E-state index contributed by atoms with van der Waals surface area (Å²) in [7, 11) is 0. The summed E-state index contributed by atoms with van der Waals surface area (Å²) >= 11 is 0. The number of hydrogen-bond donors (Lipinski definition) is 0. The van der Waals surface area contributed by atoms with Crippen LogP contribution < -0.4 is 0 Å². The zero-order valence-electron chi connectivity index (χ0n) is 6.67. The molecule has 0 spiro atoms. The Labute approximate surface area is 67.1 Å². The van der Waals surface area contributed by atoms with Crippen molar-refractivity contribution in [1.82, 2.24) is 0 Å². The first-order valence-corrected chi connectivity index (χ1v) is 3.25. The fraction of sp³-hybridized carbons (Fsp3) is 0.714. The monoisotopic (exact) mass is 188 g/mol. The molecule has 0 fully saturated rings. The third kappa shape index (κ3) is 3.19. The van der Waals surface area contributed by atoms with Crippen LogP contribution in [0.5, 0.6) is 0 Å². The molecule has 12 heavy (non-hydrogen) atoms. The molecule has 0 aromatic rings. The number of rotatable bonds is 2. The van der Waals surface area contributed by atoms with Gasteiger partial charge in [0.2, 0.25) is 0 Å². The number of alkyl halides is 5. The van der Waals surface area contributed by atoms with Gasteiger partial charge in [0, 0.05) is 6.42 Å². The van der Waals surface area contributed by atoms with Crippen molar-refractivity contribution in [2.24, 2.45) is 0 Å². The molecule has 0 bridgehead atoms. The fourth-order valence-electron chi connectivity index (χ4n) is 0.448. The molecule has 0 unspecified atom stereocenters. The smallest absolute Gasteiger partial charge is 0.196 e. The Kier molecular flexibility index (Phi) is 3.24. The zero-order chi connectivity index (χ0) is 9.99. The second-order valence-electron chi connectivity index (χ2n) is 2.69. The van der Waals surface area contributed by atoms with Crippen molar-refractivity contribution >= 4 is 0 Å². The molecule has 0 aliphatic carbocycles. The molecule has 0 aliphatic rings. The molecule has 0 aliphatic heterocycles. The van der Waals surface area contributed by atoms with Gasteiger partial charge in [0.15, 0.2) is 0 Å². The normalized spacial score (nSPS) is 12.9. The summed E-state index contributed by atoms with van der Waals surface area (Å²) < 4.78 is 58.8. The third-order valence-corrected chi connectivity index (χ3v) is 1.18. The van der Waals surface area contributed by atoms with Crippen LogP contribution >= 0.6 is 0 Å². The van der Waals surface area contributed by atoms with Crippen LogP contribution in [0.25, 0.3) is 0 Å². The van der Waals surface area contributed by atoms with Crippen molar-refractivity contribution in [3.05, 3.63) is 11.6 Å². The van der Waals surface area contributed by atoms with Crippen LogP contribution in [-0.2, 0) is 0 Å². The molecular weight excluding hydrogens is 179 g/mol. The molecule has 0 radical (unpaired) electrons. The summed E-state index contributed by atoms with van der Waals surface area (Å²) in [6, 6.07) is 0. The highest BCUT2D eigenvalue weighted by atomic mass is 19.4. The summed E-state index contributed by atoms with van der Waals surface area (Å²) in [6.45, 7) is 2.93. The Morgan fingerprint density at radius 3 is 1.75 bits per heavy atom. The Morgan fingerprint density at radius 1 is 1.08 bits per heavy atom. The average molecular weight is 188 g/mol. The summed E-state index contributed by atoms with van der Waals surface area (Å²) in [5.41, 5.74) is 0.443. The van der Waals surface area contributed by atoms with Gasteiger partial charge in [0.05, 0.1) is 0 Å². The third-order valence-electron chi connectivity index (χ3n) is 1.18. The number of halogens is 5. The van der Waals surface area contributed by atoms with Gasteiger partial charge in [-0.05, 0) is 13.8 Å². The van der Waals surface area contributed by atoms with Gasteiger partial charge in [-0.3, -0.25) is 0 Å². The Morgan fingerprint density at radius 2 is 1.50 bits per heavy atom. The molecule has 5 heteroatoms. The lowest BCUT2D eigenvalue weighted by atomic mass is 10.2. The van der Waals surface area contributed by atoms with E-state index in [1.165, 1.54) is 13.8 Å². The van der Waals surface area contributed by atoms with Crippen LogP contribution in [0.4, 0.5) is 22.0 Å². The number of hydrogen-bond acceptors (Lipinski definition) is 0. The molecule has 0 saturated carbocycles. The van der Waals surface area contributed by atoms with Gasteiger partial charge < -0.3 is 0 Å². The van der Waals surface area contributed by atoms with E-state index in [0.717, 1.165) is 6.08 Å². The van der Waals surface area contributed by atoms with E-state index in [-0.39, 0.29) is 0 Å². The lowest BCUT2D eigenvalue weighted by molar-refractivity contribution is -0.280. The Bertz CT molecular complexity index is 173. The second-order valence-corrected chi connectivity index (χ2v) is 2.69. The SMILES string of the molecule is CC(C)=CCC(F)(F)C(F)(F)F. The standard InChI is InChI=1S/C7H9F5/c1-5(2)3-4-6(8,9)7(10,11)12/h3H,4H2,1-2H3. The first kappa shape index (κ1) is 11.4. The van der Waals surface area contributed by atoms with Crippen LogP contribution in [0.2, 0.25) is 0 Å². The van der Waals surface area contributed by atoms with E-state index in [0.29, 0.717) is 5.57 Å². The predicted molar refractivity (Wildman–Crippen MR) is 35.0 cm³/mol. The van der Waals surface area contributed by atoms with Crippen molar-refractivity contribution in [1.29, 1.82) is 0 Å². The van der Waals surface area contributed by atoms with Crippen molar-refractivity contribution in [2.45, 2.75) is 32.4 Å². The molecule has 0 saturated heterocycles. The summed E-state index contributed by atoms with van der Waals surface area (Å²) in [5, 5.41) is 0. The molecule has 0 rings (SSSR count). The minimum atomic E-state index is -5.45. The molecule has 0 amide bonds. The van der Waals surface area contributed by atoms with E-state index in [4.69, 9.17) is 0 Å². The van der Waals surface area contributed by atoms with Gasteiger partial charge in [-0.25, -0.2) is 0 Å². The highest BCUT2D eigenvalue weighted by Gasteiger charge is 2.56. The van der Waals surface area contributed by atoms with Crippen LogP contribution in [0, 0.1) is 0 Å². The maximum Gasteiger partial charge on any atom is 0.453 e. The van der Waals surface area contributed by atoms with E-state index in [2.05, 4.69) is 0 Å². The highest BCUT2D eigenvalue weighted by molar-refractivity contribution is 4.97. The van der Waals surface area contributed by atoms with Crippen LogP contribution in [-0.4, -0.2) is 12.1 Å². The summed E-state index contributed by atoms with van der Waals surface area (Å²) in [5.74, 6) is -4.61. The molecule has 0 atom stereocenters. The molecule has 0 aromatic carbocycles. The van der Waals surface area contributed by atoms with E-state index >= 15 is 0 Å². The van der Waals surface area contributed by atoms with Gasteiger partial charge in [-0.2, -0.15) is 22.0 Å². The molecule has 0 aromatic heterocycles. The largest absolute Gasteiger partial charge is 0.453 e. The van der Waals surface area contributed by atoms with Crippen LogP contribution in [0.15, 0.2) is 11.6 Å². The van der Waals surface area contributed by atoms with Crippen molar-refractivity contribution in [2.75, 3.05) is 0 Å². The summed E-state index contributed by atoms with van der Waals surface area (Å²) in [4.78, 5) is 0. The quantitative estimate of drug-likeness (QED) is 0.459. The molecule has 72 valence electrons. The molecular formula is C7H9F5. The van der Waals surface area contributed by atoms with Crippen molar-refractivity contribution < 1.29 is 22.0 Å². The van der Waals surface area contributed by atoms with Gasteiger partial charge in [-0.15, -0.1) is 0 Å². The van der Waals surface area contributed by atoms with Gasteiger partial charge in [0.1, 0.15) is 0 Å². The first-order chi connectivity index (χ1) is 5.17. The Balaban J connectivity index is 4.34. The van der Waals surface area contributed by atoms with Crippen molar-refractivity contribution in [3.63, 3.8) is 0 Å². The highest BCUT2D eigenvalue weighted by Crippen LogP contribution is 2.38. The van der Waals surface area contributed by atoms with Crippen LogP contribution in [0.3, 0.4) is 0 Å². The average Bonchev–Trinajstić information content (AvgIpc) is 1.81. The van der Waals surface area contributed by atoms with E-state index in [1.807, 2.05) is 0 Å². The second kappa shape index (κ2) is 3.41. The molecule has 0 N–H and O–H groups in total. The summed E-state index contributed by atoms with van der Waals surface area (Å²) in [6.07, 6.45) is -5.86. The minimum Gasteiger partial charge on any atom is -0.196 e. The van der Waals surface area contributed by atoms with E-state index in [1.54, 1.807) is 0 Å². The first-order valence-electron chi connectivity index (χ1n) is 3.25. The van der Waals surface area contributed by atoms with Gasteiger partial charge in [-0.1, -0.05) is 11.6 Å². The maximum atomic E-state index is 12.1. The Hall–Kier alpha value is -0.610. The van der Waals surface area contributed by atoms with E-state index < -0.39 is 18.5 Å².